The number of aryl methyl sites for hydroxylation is 1. The van der Waals surface area contributed by atoms with Crippen LogP contribution < -0.4 is 0 Å². The van der Waals surface area contributed by atoms with E-state index in [0.29, 0.717) is 0 Å². The van der Waals surface area contributed by atoms with E-state index in [0.717, 1.165) is 0 Å². The molecule has 0 fully saturated rings. The molecule has 0 aliphatic rings. The molecule has 1 heterocycles. The zero-order valence-electron chi connectivity index (χ0n) is 6.76. The Morgan fingerprint density at radius 1 is 1.30 bits per heavy atom. The van der Waals surface area contributed by atoms with Gasteiger partial charge < -0.3 is 5.48 Å². The van der Waals surface area contributed by atoms with Crippen molar-refractivity contribution in [1.29, 1.82) is 0 Å². The highest BCUT2D eigenvalue weighted by Crippen LogP contribution is 1.88. The quantitative estimate of drug-likeness (QED) is 0.541. The lowest BCUT2D eigenvalue weighted by Gasteiger charge is -1.82. The molecule has 0 spiro atoms. The molecular formula is C8H15NO. The third kappa shape index (κ3) is 5.25. The molecular weight excluding hydrogens is 126 g/mol. The fourth-order valence-corrected chi connectivity index (χ4v) is 0.448. The lowest BCUT2D eigenvalue weighted by molar-refractivity contribution is 0.824. The van der Waals surface area contributed by atoms with Crippen molar-refractivity contribution in [3.05, 3.63) is 30.1 Å². The van der Waals surface area contributed by atoms with E-state index in [1.807, 2.05) is 39.1 Å². The molecule has 2 heteroatoms. The Morgan fingerprint density at radius 3 is 2.10 bits per heavy atom. The lowest BCUT2D eigenvalue weighted by atomic mass is 10.3. The summed E-state index contributed by atoms with van der Waals surface area (Å²) in [5, 5.41) is 0. The molecule has 0 saturated heterocycles. The Morgan fingerprint density at radius 2 is 1.90 bits per heavy atom. The van der Waals surface area contributed by atoms with E-state index in [1.54, 1.807) is 6.20 Å². The third-order valence-corrected chi connectivity index (χ3v) is 0.809. The standard InChI is InChI=1S/C6H7N.C2H6.H2O/c1-6-3-2-4-7-5-6;1-2;/h2-5H,1H3;1-2H3;1H2. The van der Waals surface area contributed by atoms with Gasteiger partial charge in [-0.05, 0) is 18.6 Å². The fourth-order valence-electron chi connectivity index (χ4n) is 0.448. The third-order valence-electron chi connectivity index (χ3n) is 0.809. The van der Waals surface area contributed by atoms with Crippen LogP contribution in [0.1, 0.15) is 19.4 Å². The van der Waals surface area contributed by atoms with Crippen LogP contribution in [0.15, 0.2) is 24.5 Å². The van der Waals surface area contributed by atoms with Gasteiger partial charge in [0, 0.05) is 12.4 Å². The predicted molar refractivity (Wildman–Crippen MR) is 43.9 cm³/mol. The fraction of sp³-hybridized carbons (Fsp3) is 0.375. The van der Waals surface area contributed by atoms with E-state index in [-0.39, 0.29) is 5.48 Å². The largest absolute Gasteiger partial charge is 0.412 e. The van der Waals surface area contributed by atoms with Crippen LogP contribution in [0.5, 0.6) is 0 Å². The van der Waals surface area contributed by atoms with Crippen molar-refractivity contribution >= 4 is 0 Å². The summed E-state index contributed by atoms with van der Waals surface area (Å²) in [5.74, 6) is 0. The zero-order valence-corrected chi connectivity index (χ0v) is 6.76. The Kier molecular flexibility index (Phi) is 9.61. The molecule has 0 unspecified atom stereocenters. The van der Waals surface area contributed by atoms with Crippen LogP contribution in [0.4, 0.5) is 0 Å². The molecule has 10 heavy (non-hydrogen) atoms. The van der Waals surface area contributed by atoms with Crippen LogP contribution in [-0.2, 0) is 0 Å². The van der Waals surface area contributed by atoms with Gasteiger partial charge in [-0.15, -0.1) is 0 Å². The van der Waals surface area contributed by atoms with Crippen LogP contribution in [-0.4, -0.2) is 10.5 Å². The highest BCUT2D eigenvalue weighted by molar-refractivity contribution is 5.04. The topological polar surface area (TPSA) is 44.4 Å². The van der Waals surface area contributed by atoms with Crippen LogP contribution in [0.2, 0.25) is 0 Å². The molecule has 0 aliphatic heterocycles. The Balaban J connectivity index is 0. The van der Waals surface area contributed by atoms with Crippen molar-refractivity contribution in [3.63, 3.8) is 0 Å². The minimum absolute atomic E-state index is 0. The molecule has 58 valence electrons. The van der Waals surface area contributed by atoms with Crippen molar-refractivity contribution in [2.45, 2.75) is 20.8 Å². The lowest BCUT2D eigenvalue weighted by Crippen LogP contribution is -1.69. The van der Waals surface area contributed by atoms with E-state index in [9.17, 15) is 0 Å². The second-order valence-electron chi connectivity index (χ2n) is 1.53. The maximum absolute atomic E-state index is 3.88. The van der Waals surface area contributed by atoms with Crippen LogP contribution in [0.25, 0.3) is 0 Å². The van der Waals surface area contributed by atoms with E-state index >= 15 is 0 Å². The molecule has 0 radical (unpaired) electrons. The average molecular weight is 141 g/mol. The van der Waals surface area contributed by atoms with Gasteiger partial charge in [-0.1, -0.05) is 19.9 Å². The first-order valence-corrected chi connectivity index (χ1v) is 3.26. The van der Waals surface area contributed by atoms with Gasteiger partial charge in [0.1, 0.15) is 0 Å². The minimum atomic E-state index is 0. The van der Waals surface area contributed by atoms with Gasteiger partial charge in [0.15, 0.2) is 0 Å². The van der Waals surface area contributed by atoms with Crippen LogP contribution in [0.3, 0.4) is 0 Å². The summed E-state index contributed by atoms with van der Waals surface area (Å²) in [4.78, 5) is 3.88. The molecule has 2 N–H and O–H groups in total. The van der Waals surface area contributed by atoms with Gasteiger partial charge in [-0.2, -0.15) is 0 Å². The predicted octanol–water partition coefficient (Wildman–Crippen LogP) is 1.59. The smallest absolute Gasteiger partial charge is 0.0297 e. The second-order valence-corrected chi connectivity index (χ2v) is 1.53. The first-order chi connectivity index (χ1) is 4.39. The normalized spacial score (nSPS) is 6.70. The van der Waals surface area contributed by atoms with E-state index < -0.39 is 0 Å². The molecule has 2 nitrogen and oxygen atoms in total. The van der Waals surface area contributed by atoms with Crippen LogP contribution >= 0.6 is 0 Å². The molecule has 1 rings (SSSR count). The Bertz CT molecular complexity index is 139. The molecule has 1 aromatic rings. The molecule has 0 amide bonds. The molecule has 0 aliphatic carbocycles. The summed E-state index contributed by atoms with van der Waals surface area (Å²) in [5.41, 5.74) is 1.21. The van der Waals surface area contributed by atoms with Gasteiger partial charge in [0.2, 0.25) is 0 Å². The summed E-state index contributed by atoms with van der Waals surface area (Å²) in [7, 11) is 0. The van der Waals surface area contributed by atoms with Crippen molar-refractivity contribution < 1.29 is 5.48 Å². The first kappa shape index (κ1) is 11.9. The number of hydrogen-bond donors (Lipinski definition) is 0. The highest BCUT2D eigenvalue weighted by atomic mass is 16.0. The molecule has 0 aromatic carbocycles. The van der Waals surface area contributed by atoms with Gasteiger partial charge in [-0.3, -0.25) is 4.98 Å². The molecule has 0 bridgehead atoms. The number of rotatable bonds is 0. The number of nitrogens with zero attached hydrogens (tertiary/aromatic N) is 1. The van der Waals surface area contributed by atoms with Crippen molar-refractivity contribution in [1.82, 2.24) is 4.98 Å². The van der Waals surface area contributed by atoms with E-state index in [1.165, 1.54) is 5.56 Å². The summed E-state index contributed by atoms with van der Waals surface area (Å²) in [6, 6.07) is 3.95. The minimum Gasteiger partial charge on any atom is -0.412 e. The van der Waals surface area contributed by atoms with Crippen molar-refractivity contribution in [2.75, 3.05) is 0 Å². The summed E-state index contributed by atoms with van der Waals surface area (Å²) >= 11 is 0. The summed E-state index contributed by atoms with van der Waals surface area (Å²) < 4.78 is 0. The Hall–Kier alpha value is -0.890. The first-order valence-electron chi connectivity index (χ1n) is 3.26. The van der Waals surface area contributed by atoms with Gasteiger partial charge >= 0.3 is 0 Å². The highest BCUT2D eigenvalue weighted by Gasteiger charge is 1.73. The van der Waals surface area contributed by atoms with E-state index in [4.69, 9.17) is 0 Å². The van der Waals surface area contributed by atoms with Crippen molar-refractivity contribution in [3.8, 4) is 0 Å². The monoisotopic (exact) mass is 141 g/mol. The molecule has 1 aromatic heterocycles. The van der Waals surface area contributed by atoms with Gasteiger partial charge in [0.25, 0.3) is 0 Å². The number of aromatic nitrogens is 1. The number of hydrogen-bond acceptors (Lipinski definition) is 1. The second kappa shape index (κ2) is 8.11. The summed E-state index contributed by atoms with van der Waals surface area (Å²) in [6.07, 6.45) is 3.60. The van der Waals surface area contributed by atoms with Crippen molar-refractivity contribution in [2.24, 2.45) is 0 Å². The number of pyridine rings is 1. The summed E-state index contributed by atoms with van der Waals surface area (Å²) in [6.45, 7) is 6.02. The van der Waals surface area contributed by atoms with Crippen LogP contribution in [0, 0.1) is 6.92 Å². The maximum Gasteiger partial charge on any atom is 0.0297 e. The van der Waals surface area contributed by atoms with Gasteiger partial charge in [-0.25, -0.2) is 0 Å². The average Bonchev–Trinajstić information content (AvgIpc) is 1.94. The zero-order chi connectivity index (χ0) is 7.11. The van der Waals surface area contributed by atoms with Gasteiger partial charge in [0.05, 0.1) is 0 Å². The SMILES string of the molecule is CC.Cc1cccnc1.O. The molecule has 0 saturated carbocycles. The molecule has 0 atom stereocenters. The van der Waals surface area contributed by atoms with E-state index in [2.05, 4.69) is 4.98 Å². The maximum atomic E-state index is 3.88. The Labute approximate surface area is 62.2 Å².